The highest BCUT2D eigenvalue weighted by atomic mass is 19.1. The monoisotopic (exact) mass is 356 g/mol. The first-order valence-electron chi connectivity index (χ1n) is 9.06. The number of carbonyl (C=O) groups is 1. The number of hydrogen-bond acceptors (Lipinski definition) is 3. The Hall–Kier alpha value is -2.56. The summed E-state index contributed by atoms with van der Waals surface area (Å²) in [4.78, 5) is 16.5. The second kappa shape index (κ2) is 8.21. The van der Waals surface area contributed by atoms with Crippen LogP contribution in [0.4, 0.5) is 10.1 Å². The number of para-hydroxylation sites is 2. The molecule has 3 rings (SSSR count). The Kier molecular flexibility index (Phi) is 5.76. The van der Waals surface area contributed by atoms with Crippen molar-refractivity contribution in [2.24, 2.45) is 0 Å². The summed E-state index contributed by atoms with van der Waals surface area (Å²) < 4.78 is 19.7. The third-order valence-corrected chi connectivity index (χ3v) is 4.50. The minimum absolute atomic E-state index is 0.0264. The molecule has 138 valence electrons. The van der Waals surface area contributed by atoms with Crippen molar-refractivity contribution in [3.05, 3.63) is 59.9 Å². The van der Waals surface area contributed by atoms with E-state index < -0.39 is 0 Å². The average molecular weight is 356 g/mol. The Morgan fingerprint density at radius 1 is 1.04 bits per heavy atom. The van der Waals surface area contributed by atoms with E-state index in [0.717, 1.165) is 24.5 Å². The second-order valence-electron chi connectivity index (χ2n) is 6.77. The van der Waals surface area contributed by atoms with Crippen LogP contribution < -0.4 is 9.64 Å². The maximum absolute atomic E-state index is 13.8. The summed E-state index contributed by atoms with van der Waals surface area (Å²) in [5, 5.41) is 0. The number of ether oxygens (including phenoxy) is 1. The number of nitrogens with zero attached hydrogens (tertiary/aromatic N) is 2. The van der Waals surface area contributed by atoms with Crippen LogP contribution in [0.25, 0.3) is 0 Å². The lowest BCUT2D eigenvalue weighted by Crippen LogP contribution is -2.49. The molecule has 0 N–H and O–H groups in total. The summed E-state index contributed by atoms with van der Waals surface area (Å²) in [6.07, 6.45) is 0.222. The molecule has 5 heteroatoms. The SMILES string of the molecule is CC(C)Oc1ccccc1N1CCN(C(=O)Cc2ccccc2F)CC1. The van der Waals surface area contributed by atoms with E-state index >= 15 is 0 Å². The molecule has 0 atom stereocenters. The zero-order valence-corrected chi connectivity index (χ0v) is 15.3. The van der Waals surface area contributed by atoms with Gasteiger partial charge in [-0.1, -0.05) is 30.3 Å². The van der Waals surface area contributed by atoms with Gasteiger partial charge in [0.25, 0.3) is 0 Å². The Morgan fingerprint density at radius 3 is 2.38 bits per heavy atom. The lowest BCUT2D eigenvalue weighted by Gasteiger charge is -2.37. The van der Waals surface area contributed by atoms with Crippen LogP contribution in [0.15, 0.2) is 48.5 Å². The Morgan fingerprint density at radius 2 is 1.69 bits per heavy atom. The van der Waals surface area contributed by atoms with Gasteiger partial charge in [0.05, 0.1) is 18.2 Å². The van der Waals surface area contributed by atoms with E-state index in [1.54, 1.807) is 18.2 Å². The summed E-state index contributed by atoms with van der Waals surface area (Å²) in [6.45, 7) is 6.75. The lowest BCUT2D eigenvalue weighted by molar-refractivity contribution is -0.130. The molecule has 1 aliphatic rings. The number of halogens is 1. The molecule has 0 aliphatic carbocycles. The molecule has 0 unspecified atom stereocenters. The van der Waals surface area contributed by atoms with Crippen molar-refractivity contribution in [3.63, 3.8) is 0 Å². The van der Waals surface area contributed by atoms with Crippen molar-refractivity contribution >= 4 is 11.6 Å². The summed E-state index contributed by atoms with van der Waals surface area (Å²) in [7, 11) is 0. The zero-order chi connectivity index (χ0) is 18.5. The molecule has 0 bridgehead atoms. The number of piperazine rings is 1. The van der Waals surface area contributed by atoms with Crippen molar-refractivity contribution < 1.29 is 13.9 Å². The van der Waals surface area contributed by atoms with E-state index in [1.165, 1.54) is 6.07 Å². The van der Waals surface area contributed by atoms with Crippen LogP contribution in [0, 0.1) is 5.82 Å². The number of anilines is 1. The quantitative estimate of drug-likeness (QED) is 0.822. The second-order valence-corrected chi connectivity index (χ2v) is 6.77. The fraction of sp³-hybridized carbons (Fsp3) is 0.381. The topological polar surface area (TPSA) is 32.8 Å². The molecule has 26 heavy (non-hydrogen) atoms. The predicted molar refractivity (Wildman–Crippen MR) is 101 cm³/mol. The fourth-order valence-electron chi connectivity index (χ4n) is 3.19. The molecule has 2 aromatic rings. The normalized spacial score (nSPS) is 14.6. The smallest absolute Gasteiger partial charge is 0.227 e. The highest BCUT2D eigenvalue weighted by Gasteiger charge is 2.23. The molecule has 0 saturated carbocycles. The summed E-state index contributed by atoms with van der Waals surface area (Å²) in [5.41, 5.74) is 1.51. The maximum atomic E-state index is 13.8. The van der Waals surface area contributed by atoms with Crippen LogP contribution >= 0.6 is 0 Å². The number of benzene rings is 2. The first-order valence-corrected chi connectivity index (χ1v) is 9.06. The van der Waals surface area contributed by atoms with Crippen LogP contribution in [-0.2, 0) is 11.2 Å². The molecule has 2 aromatic carbocycles. The van der Waals surface area contributed by atoms with Crippen molar-refractivity contribution in [3.8, 4) is 5.75 Å². The van der Waals surface area contributed by atoms with E-state index in [-0.39, 0.29) is 24.2 Å². The summed E-state index contributed by atoms with van der Waals surface area (Å²) in [6, 6.07) is 14.5. The molecular weight excluding hydrogens is 331 g/mol. The third-order valence-electron chi connectivity index (χ3n) is 4.50. The van der Waals surface area contributed by atoms with Gasteiger partial charge in [0.2, 0.25) is 5.91 Å². The molecule has 1 heterocycles. The summed E-state index contributed by atoms with van der Waals surface area (Å²) in [5.74, 6) is 0.523. The van der Waals surface area contributed by atoms with E-state index in [4.69, 9.17) is 4.74 Å². The largest absolute Gasteiger partial charge is 0.489 e. The molecule has 1 fully saturated rings. The van der Waals surface area contributed by atoms with Gasteiger partial charge in [0.1, 0.15) is 11.6 Å². The van der Waals surface area contributed by atoms with Crippen molar-refractivity contribution in [1.82, 2.24) is 4.90 Å². The van der Waals surface area contributed by atoms with Gasteiger partial charge < -0.3 is 14.5 Å². The van der Waals surface area contributed by atoms with Crippen molar-refractivity contribution in [2.45, 2.75) is 26.4 Å². The van der Waals surface area contributed by atoms with Gasteiger partial charge in [-0.15, -0.1) is 0 Å². The Labute approximate surface area is 154 Å². The van der Waals surface area contributed by atoms with Crippen LogP contribution in [0.3, 0.4) is 0 Å². The first kappa shape index (κ1) is 18.2. The molecule has 0 radical (unpaired) electrons. The van der Waals surface area contributed by atoms with Crippen LogP contribution in [0.1, 0.15) is 19.4 Å². The van der Waals surface area contributed by atoms with Gasteiger partial charge in [-0.2, -0.15) is 0 Å². The van der Waals surface area contributed by atoms with Gasteiger partial charge in [-0.05, 0) is 37.6 Å². The third kappa shape index (κ3) is 4.34. The van der Waals surface area contributed by atoms with Crippen molar-refractivity contribution in [1.29, 1.82) is 0 Å². The number of carbonyl (C=O) groups excluding carboxylic acids is 1. The highest BCUT2D eigenvalue weighted by Crippen LogP contribution is 2.29. The van der Waals surface area contributed by atoms with Crippen LogP contribution in [0.2, 0.25) is 0 Å². The molecule has 4 nitrogen and oxygen atoms in total. The average Bonchev–Trinajstić information content (AvgIpc) is 2.64. The highest BCUT2D eigenvalue weighted by molar-refractivity contribution is 5.79. The number of hydrogen-bond donors (Lipinski definition) is 0. The zero-order valence-electron chi connectivity index (χ0n) is 15.3. The lowest BCUT2D eigenvalue weighted by atomic mass is 10.1. The van der Waals surface area contributed by atoms with E-state index in [0.29, 0.717) is 18.7 Å². The van der Waals surface area contributed by atoms with E-state index in [9.17, 15) is 9.18 Å². The molecule has 1 saturated heterocycles. The maximum Gasteiger partial charge on any atom is 0.227 e. The van der Waals surface area contributed by atoms with Gasteiger partial charge in [-0.3, -0.25) is 4.79 Å². The van der Waals surface area contributed by atoms with Gasteiger partial charge in [0.15, 0.2) is 0 Å². The van der Waals surface area contributed by atoms with E-state index in [1.807, 2.05) is 36.9 Å². The number of amides is 1. The van der Waals surface area contributed by atoms with Gasteiger partial charge in [0, 0.05) is 26.2 Å². The Bertz CT molecular complexity index is 755. The minimum atomic E-state index is -0.320. The van der Waals surface area contributed by atoms with Crippen molar-refractivity contribution in [2.75, 3.05) is 31.1 Å². The standard InChI is InChI=1S/C21H25FN2O2/c1-16(2)26-20-10-6-5-9-19(20)23-11-13-24(14-12-23)21(25)15-17-7-3-4-8-18(17)22/h3-10,16H,11-15H2,1-2H3. The van der Waals surface area contributed by atoms with E-state index in [2.05, 4.69) is 11.0 Å². The molecule has 0 aromatic heterocycles. The number of rotatable bonds is 5. The van der Waals surface area contributed by atoms with Crippen LogP contribution in [-0.4, -0.2) is 43.1 Å². The molecule has 1 aliphatic heterocycles. The van der Waals surface area contributed by atoms with Crippen LogP contribution in [0.5, 0.6) is 5.75 Å². The predicted octanol–water partition coefficient (Wildman–Crippen LogP) is 3.50. The minimum Gasteiger partial charge on any atom is -0.489 e. The molecule has 0 spiro atoms. The van der Waals surface area contributed by atoms with Gasteiger partial charge >= 0.3 is 0 Å². The first-order chi connectivity index (χ1) is 12.5. The molecular formula is C21H25FN2O2. The Balaban J connectivity index is 1.61. The fourth-order valence-corrected chi connectivity index (χ4v) is 3.19. The summed E-state index contributed by atoms with van der Waals surface area (Å²) >= 11 is 0. The van der Waals surface area contributed by atoms with Gasteiger partial charge in [-0.25, -0.2) is 4.39 Å². The molecule has 1 amide bonds.